The van der Waals surface area contributed by atoms with E-state index in [2.05, 4.69) is 58.8 Å². The van der Waals surface area contributed by atoms with Crippen LogP contribution in [0.3, 0.4) is 0 Å². The monoisotopic (exact) mass is 596 g/mol. The second kappa shape index (κ2) is 13.7. The molecule has 228 valence electrons. The van der Waals surface area contributed by atoms with Crippen molar-refractivity contribution in [2.24, 2.45) is 0 Å². The molecule has 0 amide bonds. The maximum absolute atomic E-state index is 9.60. The number of methoxy groups -OCH3 is 1. The van der Waals surface area contributed by atoms with Gasteiger partial charge in [0.25, 0.3) is 0 Å². The Morgan fingerprint density at radius 3 is 2.52 bits per heavy atom. The van der Waals surface area contributed by atoms with Gasteiger partial charge in [-0.3, -0.25) is 4.90 Å². The fraction of sp³-hybridized carbons (Fsp3) is 0.419. The van der Waals surface area contributed by atoms with Crippen LogP contribution in [0, 0.1) is 11.3 Å². The highest BCUT2D eigenvalue weighted by Gasteiger charge is 2.26. The molecule has 0 bridgehead atoms. The third-order valence-electron chi connectivity index (χ3n) is 8.07. The van der Waals surface area contributed by atoms with E-state index in [0.717, 1.165) is 80.5 Å². The van der Waals surface area contributed by atoms with Crippen LogP contribution in [0.1, 0.15) is 25.3 Å². The lowest BCUT2D eigenvalue weighted by Gasteiger charge is -2.41. The lowest BCUT2D eigenvalue weighted by molar-refractivity contribution is 0.0321. The summed E-state index contributed by atoms with van der Waals surface area (Å²) < 4.78 is 18.9. The quantitative estimate of drug-likeness (QED) is 0.286. The fourth-order valence-electron chi connectivity index (χ4n) is 5.71. The van der Waals surface area contributed by atoms with Gasteiger partial charge in [-0.2, -0.15) is 5.26 Å². The number of hydrogen-bond acceptors (Lipinski definition) is 12. The summed E-state index contributed by atoms with van der Waals surface area (Å²) in [7, 11) is 1.67. The van der Waals surface area contributed by atoms with Gasteiger partial charge in [-0.15, -0.1) is 5.10 Å². The summed E-state index contributed by atoms with van der Waals surface area (Å²) in [4.78, 5) is 14.1. The lowest BCUT2D eigenvalue weighted by Crippen LogP contribution is -2.51. The molecule has 2 fully saturated rings. The first-order valence-corrected chi connectivity index (χ1v) is 14.9. The van der Waals surface area contributed by atoms with Crippen molar-refractivity contribution in [1.82, 2.24) is 35.1 Å². The first kappa shape index (κ1) is 29.3. The Morgan fingerprint density at radius 1 is 1.02 bits per heavy atom. The number of aromatic nitrogens is 6. The van der Waals surface area contributed by atoms with Crippen molar-refractivity contribution < 1.29 is 14.2 Å². The molecule has 1 atom stereocenters. The molecule has 13 nitrogen and oxygen atoms in total. The number of nitriles is 1. The number of hydrogen-bond donors (Lipinski definition) is 1. The van der Waals surface area contributed by atoms with Gasteiger partial charge in [0.1, 0.15) is 30.0 Å². The van der Waals surface area contributed by atoms with Gasteiger partial charge >= 0.3 is 0 Å². The Hall–Kier alpha value is -4.80. The number of ether oxygens (including phenoxy) is 3. The molecular weight excluding hydrogens is 560 g/mol. The van der Waals surface area contributed by atoms with Gasteiger partial charge < -0.3 is 24.4 Å². The Morgan fingerprint density at radius 2 is 1.82 bits per heavy atom. The van der Waals surface area contributed by atoms with E-state index in [1.54, 1.807) is 30.3 Å². The lowest BCUT2D eigenvalue weighted by atomic mass is 10.1. The summed E-state index contributed by atoms with van der Waals surface area (Å²) >= 11 is 0. The molecule has 0 radical (unpaired) electrons. The average Bonchev–Trinajstić information content (AvgIpc) is 3.58. The van der Waals surface area contributed by atoms with E-state index in [1.165, 1.54) is 6.33 Å². The van der Waals surface area contributed by atoms with Crippen molar-refractivity contribution in [2.45, 2.75) is 38.5 Å². The van der Waals surface area contributed by atoms with Crippen molar-refractivity contribution in [3.63, 3.8) is 0 Å². The van der Waals surface area contributed by atoms with Crippen LogP contribution in [0.25, 0.3) is 11.1 Å². The number of piperazine rings is 1. The predicted octanol–water partition coefficient (Wildman–Crippen LogP) is 3.52. The largest absolute Gasteiger partial charge is 0.494 e. The Bertz CT molecular complexity index is 1560. The van der Waals surface area contributed by atoms with E-state index in [9.17, 15) is 5.26 Å². The van der Waals surface area contributed by atoms with Crippen molar-refractivity contribution >= 4 is 17.3 Å². The molecule has 2 aromatic heterocycles. The molecule has 4 heterocycles. The van der Waals surface area contributed by atoms with Crippen LogP contribution in [0.5, 0.6) is 11.5 Å². The van der Waals surface area contributed by atoms with Crippen LogP contribution in [-0.2, 0) is 11.3 Å². The summed E-state index contributed by atoms with van der Waals surface area (Å²) in [6.45, 7) is 8.17. The second-order valence-electron chi connectivity index (χ2n) is 11.0. The maximum Gasteiger partial charge on any atom is 0.227 e. The van der Waals surface area contributed by atoms with E-state index in [4.69, 9.17) is 14.2 Å². The number of nitrogens with zero attached hydrogens (tertiary/aromatic N) is 9. The van der Waals surface area contributed by atoms with Gasteiger partial charge in [-0.25, -0.2) is 14.6 Å². The Kier molecular flexibility index (Phi) is 9.09. The van der Waals surface area contributed by atoms with Gasteiger partial charge in [0.15, 0.2) is 0 Å². The zero-order valence-corrected chi connectivity index (χ0v) is 25.0. The fourth-order valence-corrected chi connectivity index (χ4v) is 5.71. The molecule has 2 saturated heterocycles. The first-order valence-electron chi connectivity index (χ1n) is 14.9. The van der Waals surface area contributed by atoms with Gasteiger partial charge in [0, 0.05) is 75.1 Å². The van der Waals surface area contributed by atoms with Crippen LogP contribution in [0.2, 0.25) is 0 Å². The van der Waals surface area contributed by atoms with Crippen molar-refractivity contribution in [3.8, 4) is 28.7 Å². The highest BCUT2D eigenvalue weighted by Crippen LogP contribution is 2.33. The van der Waals surface area contributed by atoms with Gasteiger partial charge in [0.05, 0.1) is 24.9 Å². The summed E-state index contributed by atoms with van der Waals surface area (Å²) in [6, 6.07) is 14.4. The Labute approximate surface area is 256 Å². The minimum atomic E-state index is -0.258. The highest BCUT2D eigenvalue weighted by molar-refractivity contribution is 5.70. The van der Waals surface area contributed by atoms with Crippen molar-refractivity contribution in [1.29, 1.82) is 5.26 Å². The first-order chi connectivity index (χ1) is 21.6. The van der Waals surface area contributed by atoms with Gasteiger partial charge in [-0.05, 0) is 60.0 Å². The normalized spacial score (nSPS) is 16.7. The minimum Gasteiger partial charge on any atom is -0.494 e. The molecule has 6 rings (SSSR count). The summed E-state index contributed by atoms with van der Waals surface area (Å²) in [5, 5.41) is 24.0. The number of tetrazole rings is 1. The third-order valence-corrected chi connectivity index (χ3v) is 8.07. The number of nitrogens with one attached hydrogen (secondary N) is 1. The molecule has 0 aliphatic carbocycles. The molecular formula is C31H36N10O3. The maximum atomic E-state index is 9.60. The molecule has 2 aliphatic heterocycles. The van der Waals surface area contributed by atoms with Crippen LogP contribution in [0.4, 0.5) is 17.3 Å². The van der Waals surface area contributed by atoms with E-state index in [-0.39, 0.29) is 6.10 Å². The molecule has 1 N–H and O–H groups in total. The molecule has 2 aliphatic rings. The molecule has 4 aromatic rings. The number of anilines is 3. The SMILES string of the molecule is COc1cc(N2CCN(C3CCOCC3)CC2)ccc1Nc1ncc(-c2ccc(C#N)c(OC(C)Cn3cnnn3)c2)cn1. The van der Waals surface area contributed by atoms with Crippen LogP contribution in [0.15, 0.2) is 55.1 Å². The van der Waals surface area contributed by atoms with E-state index in [0.29, 0.717) is 29.8 Å². The van der Waals surface area contributed by atoms with Crippen LogP contribution in [-0.4, -0.2) is 93.7 Å². The predicted molar refractivity (Wildman–Crippen MR) is 164 cm³/mol. The second-order valence-corrected chi connectivity index (χ2v) is 11.0. The number of benzene rings is 2. The van der Waals surface area contributed by atoms with E-state index < -0.39 is 0 Å². The summed E-state index contributed by atoms with van der Waals surface area (Å²) in [5.41, 5.74) is 3.99. The smallest absolute Gasteiger partial charge is 0.227 e. The van der Waals surface area contributed by atoms with E-state index >= 15 is 0 Å². The van der Waals surface area contributed by atoms with Gasteiger partial charge in [0.2, 0.25) is 5.95 Å². The molecule has 2 aromatic carbocycles. The molecule has 44 heavy (non-hydrogen) atoms. The zero-order valence-electron chi connectivity index (χ0n) is 25.0. The number of rotatable bonds is 10. The summed E-state index contributed by atoms with van der Waals surface area (Å²) in [6.07, 6.45) is 7.00. The molecule has 13 heteroatoms. The highest BCUT2D eigenvalue weighted by atomic mass is 16.5. The molecule has 0 spiro atoms. The van der Waals surface area contributed by atoms with Crippen molar-refractivity contribution in [3.05, 3.63) is 60.7 Å². The Balaban J connectivity index is 1.10. The zero-order chi connectivity index (χ0) is 30.3. The van der Waals surface area contributed by atoms with Crippen LogP contribution >= 0.6 is 0 Å². The topological polar surface area (TPSA) is 139 Å². The molecule has 0 saturated carbocycles. The minimum absolute atomic E-state index is 0.258. The third kappa shape index (κ3) is 6.88. The van der Waals surface area contributed by atoms with Crippen LogP contribution < -0.4 is 19.7 Å². The standard InChI is InChI=1S/C31H36N10O3/c1-22(20-41-21-35-37-38-41)44-29-15-23(3-4-24(29)17-32)25-18-33-31(34-19-25)36-28-6-5-27(16-30(28)42-2)40-11-9-39(10-12-40)26-7-13-43-14-8-26/h3-6,15-16,18-19,21-22,26H,7-14,20H2,1-2H3,(H,33,34,36). The van der Waals surface area contributed by atoms with Gasteiger partial charge in [-0.1, -0.05) is 6.07 Å². The summed E-state index contributed by atoms with van der Waals surface area (Å²) in [5.74, 6) is 1.65. The average molecular weight is 597 g/mol. The molecule has 1 unspecified atom stereocenters. The van der Waals surface area contributed by atoms with E-state index in [1.807, 2.05) is 25.1 Å². The van der Waals surface area contributed by atoms with Crippen molar-refractivity contribution in [2.75, 3.05) is 56.7 Å².